The predicted octanol–water partition coefficient (Wildman–Crippen LogP) is 4.96. The number of hydrogen-bond donors (Lipinski definition) is 0. The number of alkyl halides is 3. The van der Waals surface area contributed by atoms with Crippen molar-refractivity contribution in [2.45, 2.75) is 52.5 Å². The molecular formula is C28H29F4N7OS. The lowest BCUT2D eigenvalue weighted by Crippen LogP contribution is -2.55. The van der Waals surface area contributed by atoms with Gasteiger partial charge < -0.3 is 14.7 Å². The fourth-order valence-corrected chi connectivity index (χ4v) is 6.90. The standard InChI is InChI=1S/C28H29F4N7OS/c1-16-13-36(10-11-38(16)26(40)15-39-18(3)33-17(2)35-39)24-7-5-22(28(30,31)32)20-8-9-37(14-21(20)24)27-34-23-6-4-19(29)12-25(23)41-27/h4-7,12,16H,8-11,13-15H2,1-3H3/t16-/m1/s1. The molecule has 0 bridgehead atoms. The Balaban J connectivity index is 1.27. The van der Waals surface area contributed by atoms with Gasteiger partial charge in [-0.05, 0) is 68.7 Å². The Morgan fingerprint density at radius 3 is 2.56 bits per heavy atom. The van der Waals surface area contributed by atoms with Crippen LogP contribution in [-0.2, 0) is 30.5 Å². The summed E-state index contributed by atoms with van der Waals surface area (Å²) in [5, 5.41) is 4.94. The summed E-state index contributed by atoms with van der Waals surface area (Å²) in [5.74, 6) is 0.846. The van der Waals surface area contributed by atoms with Gasteiger partial charge in [0, 0.05) is 44.5 Å². The van der Waals surface area contributed by atoms with Crippen molar-refractivity contribution >= 4 is 38.3 Å². The number of halogens is 4. The Hall–Kier alpha value is -3.74. The average Bonchev–Trinajstić information content (AvgIpc) is 3.48. The number of piperazine rings is 1. The van der Waals surface area contributed by atoms with Gasteiger partial charge in [0.15, 0.2) is 5.13 Å². The van der Waals surface area contributed by atoms with Crippen molar-refractivity contribution in [2.75, 3.05) is 36.0 Å². The number of rotatable bonds is 4. The van der Waals surface area contributed by atoms with E-state index in [1.165, 1.54) is 29.5 Å². The topological polar surface area (TPSA) is 70.4 Å². The molecule has 0 aliphatic carbocycles. The Labute approximate surface area is 238 Å². The molecule has 1 amide bonds. The monoisotopic (exact) mass is 587 g/mol. The fraction of sp³-hybridized carbons (Fsp3) is 0.429. The molecule has 1 atom stereocenters. The molecule has 1 fully saturated rings. The third kappa shape index (κ3) is 5.22. The van der Waals surface area contributed by atoms with E-state index < -0.39 is 11.7 Å². The van der Waals surface area contributed by atoms with Gasteiger partial charge in [0.2, 0.25) is 5.91 Å². The van der Waals surface area contributed by atoms with Crippen LogP contribution in [0, 0.1) is 19.7 Å². The zero-order valence-corrected chi connectivity index (χ0v) is 23.7. The Bertz CT molecular complexity index is 1630. The highest BCUT2D eigenvalue weighted by atomic mass is 32.1. The summed E-state index contributed by atoms with van der Waals surface area (Å²) in [6, 6.07) is 6.98. The van der Waals surface area contributed by atoms with Gasteiger partial charge in [-0.3, -0.25) is 4.79 Å². The number of thiazole rings is 1. The summed E-state index contributed by atoms with van der Waals surface area (Å²) in [6.07, 6.45) is -4.25. The zero-order valence-electron chi connectivity index (χ0n) is 22.9. The molecule has 2 aliphatic heterocycles. The molecule has 13 heteroatoms. The number of amides is 1. The van der Waals surface area contributed by atoms with Gasteiger partial charge in [-0.25, -0.2) is 19.0 Å². The van der Waals surface area contributed by atoms with Crippen LogP contribution in [0.3, 0.4) is 0 Å². The lowest BCUT2D eigenvalue weighted by atomic mass is 9.91. The molecule has 0 saturated carbocycles. The lowest BCUT2D eigenvalue weighted by Gasteiger charge is -2.43. The molecule has 216 valence electrons. The summed E-state index contributed by atoms with van der Waals surface area (Å²) in [7, 11) is 0. The summed E-state index contributed by atoms with van der Waals surface area (Å²) >= 11 is 1.33. The SMILES string of the molecule is Cc1nc(C)n(CC(=O)N2CCN(c3ccc(C(F)(F)F)c4c3CN(c3nc5ccc(F)cc5s3)CC4)C[C@H]2C)n1. The normalized spacial score (nSPS) is 17.8. The number of carbonyl (C=O) groups excluding carboxylic acids is 1. The molecule has 4 heterocycles. The fourth-order valence-electron chi connectivity index (χ4n) is 5.88. The number of benzene rings is 2. The van der Waals surface area contributed by atoms with Crippen molar-refractivity contribution in [2.24, 2.45) is 0 Å². The number of carbonyl (C=O) groups is 1. The molecular weight excluding hydrogens is 558 g/mol. The highest BCUT2D eigenvalue weighted by Gasteiger charge is 2.38. The summed E-state index contributed by atoms with van der Waals surface area (Å²) in [6.45, 7) is 7.67. The van der Waals surface area contributed by atoms with Crippen molar-refractivity contribution in [3.63, 3.8) is 0 Å². The minimum atomic E-state index is -4.46. The molecule has 4 aromatic rings. The van der Waals surface area contributed by atoms with Crippen LogP contribution in [0.2, 0.25) is 0 Å². The number of aromatic nitrogens is 4. The molecule has 0 spiro atoms. The first-order valence-electron chi connectivity index (χ1n) is 13.4. The third-order valence-electron chi connectivity index (χ3n) is 7.84. The number of aryl methyl sites for hydroxylation is 2. The second-order valence-corrected chi connectivity index (χ2v) is 11.6. The molecule has 2 aromatic heterocycles. The van der Waals surface area contributed by atoms with Crippen LogP contribution in [0.15, 0.2) is 30.3 Å². The Morgan fingerprint density at radius 1 is 1.05 bits per heavy atom. The molecule has 0 unspecified atom stereocenters. The summed E-state index contributed by atoms with van der Waals surface area (Å²) in [4.78, 5) is 27.9. The third-order valence-corrected chi connectivity index (χ3v) is 8.92. The van der Waals surface area contributed by atoms with Crippen molar-refractivity contribution in [1.82, 2.24) is 24.6 Å². The quantitative estimate of drug-likeness (QED) is 0.315. The lowest BCUT2D eigenvalue weighted by molar-refractivity contribution is -0.138. The van der Waals surface area contributed by atoms with Crippen LogP contribution >= 0.6 is 11.3 Å². The van der Waals surface area contributed by atoms with Crippen molar-refractivity contribution in [3.8, 4) is 0 Å². The van der Waals surface area contributed by atoms with Crippen LogP contribution in [0.4, 0.5) is 28.4 Å². The molecule has 0 N–H and O–H groups in total. The largest absolute Gasteiger partial charge is 0.416 e. The highest BCUT2D eigenvalue weighted by molar-refractivity contribution is 7.22. The average molecular weight is 588 g/mol. The van der Waals surface area contributed by atoms with E-state index in [0.717, 1.165) is 5.69 Å². The van der Waals surface area contributed by atoms with E-state index in [1.807, 2.05) is 11.8 Å². The van der Waals surface area contributed by atoms with E-state index >= 15 is 0 Å². The maximum absolute atomic E-state index is 14.0. The maximum Gasteiger partial charge on any atom is 0.416 e. The molecule has 8 nitrogen and oxygen atoms in total. The van der Waals surface area contributed by atoms with Gasteiger partial charge in [0.05, 0.1) is 15.8 Å². The highest BCUT2D eigenvalue weighted by Crippen LogP contribution is 2.41. The van der Waals surface area contributed by atoms with Gasteiger partial charge in [-0.2, -0.15) is 18.3 Å². The first kappa shape index (κ1) is 27.4. The second-order valence-electron chi connectivity index (χ2n) is 10.6. The van der Waals surface area contributed by atoms with Gasteiger partial charge in [-0.1, -0.05) is 11.3 Å². The number of hydrogen-bond acceptors (Lipinski definition) is 7. The van der Waals surface area contributed by atoms with Crippen LogP contribution in [-0.4, -0.2) is 62.8 Å². The van der Waals surface area contributed by atoms with Crippen LogP contribution < -0.4 is 9.80 Å². The van der Waals surface area contributed by atoms with E-state index in [1.54, 1.807) is 35.6 Å². The van der Waals surface area contributed by atoms with E-state index in [4.69, 9.17) is 0 Å². The second kappa shape index (κ2) is 10.3. The zero-order chi connectivity index (χ0) is 29.1. The molecule has 0 radical (unpaired) electrons. The van der Waals surface area contributed by atoms with Crippen LogP contribution in [0.5, 0.6) is 0 Å². The van der Waals surface area contributed by atoms with Gasteiger partial charge >= 0.3 is 6.18 Å². The van der Waals surface area contributed by atoms with Crippen molar-refractivity contribution < 1.29 is 22.4 Å². The molecule has 2 aromatic carbocycles. The molecule has 2 aliphatic rings. The van der Waals surface area contributed by atoms with E-state index in [-0.39, 0.29) is 37.3 Å². The van der Waals surface area contributed by atoms with E-state index in [2.05, 4.69) is 20.0 Å². The number of nitrogens with zero attached hydrogens (tertiary/aromatic N) is 7. The number of fused-ring (bicyclic) bond motifs is 2. The molecule has 41 heavy (non-hydrogen) atoms. The predicted molar refractivity (Wildman–Crippen MR) is 149 cm³/mol. The molecule has 6 rings (SSSR count). The first-order chi connectivity index (χ1) is 19.5. The van der Waals surface area contributed by atoms with Gasteiger partial charge in [0.1, 0.15) is 24.0 Å². The summed E-state index contributed by atoms with van der Waals surface area (Å²) < 4.78 is 58.1. The summed E-state index contributed by atoms with van der Waals surface area (Å²) in [5.41, 5.74) is 1.72. The van der Waals surface area contributed by atoms with Gasteiger partial charge in [-0.15, -0.1) is 0 Å². The van der Waals surface area contributed by atoms with Gasteiger partial charge in [0.25, 0.3) is 0 Å². The minimum absolute atomic E-state index is 0.0713. The minimum Gasteiger partial charge on any atom is -0.367 e. The smallest absolute Gasteiger partial charge is 0.367 e. The first-order valence-corrected chi connectivity index (χ1v) is 14.2. The van der Waals surface area contributed by atoms with Crippen LogP contribution in [0.25, 0.3) is 10.2 Å². The Morgan fingerprint density at radius 2 is 1.85 bits per heavy atom. The van der Waals surface area contributed by atoms with Crippen molar-refractivity contribution in [3.05, 3.63) is 64.5 Å². The number of anilines is 2. The van der Waals surface area contributed by atoms with E-state index in [9.17, 15) is 22.4 Å². The molecule has 1 saturated heterocycles. The maximum atomic E-state index is 14.0. The van der Waals surface area contributed by atoms with Crippen molar-refractivity contribution in [1.29, 1.82) is 0 Å². The van der Waals surface area contributed by atoms with E-state index in [0.29, 0.717) is 64.3 Å². The van der Waals surface area contributed by atoms with Crippen LogP contribution in [0.1, 0.15) is 35.3 Å². The Kier molecular flexibility index (Phi) is 6.87.